The maximum absolute atomic E-state index is 12.8. The number of hydrogen-bond donors (Lipinski definition) is 1. The van der Waals surface area contributed by atoms with Crippen molar-refractivity contribution in [2.24, 2.45) is 0 Å². The molecule has 0 bridgehead atoms. The SMILES string of the molecule is COc1ccc([C@]2(C)NC(=O)N(CCOc3cccc(C)c3)C2=O)cc1. The Morgan fingerprint density at radius 1 is 1.08 bits per heavy atom. The quantitative estimate of drug-likeness (QED) is 0.810. The zero-order valence-electron chi connectivity index (χ0n) is 15.1. The summed E-state index contributed by atoms with van der Waals surface area (Å²) in [6.07, 6.45) is 0. The molecule has 0 radical (unpaired) electrons. The lowest BCUT2D eigenvalue weighted by molar-refractivity contribution is -0.131. The van der Waals surface area contributed by atoms with Crippen LogP contribution in [0.5, 0.6) is 11.5 Å². The first-order chi connectivity index (χ1) is 12.4. The topological polar surface area (TPSA) is 67.9 Å². The van der Waals surface area contributed by atoms with E-state index in [2.05, 4.69) is 5.32 Å². The van der Waals surface area contributed by atoms with E-state index in [0.717, 1.165) is 11.3 Å². The van der Waals surface area contributed by atoms with Crippen LogP contribution in [-0.2, 0) is 10.3 Å². The molecule has 1 aliphatic rings. The van der Waals surface area contributed by atoms with Gasteiger partial charge in [-0.15, -0.1) is 0 Å². The van der Waals surface area contributed by atoms with Crippen LogP contribution in [0.25, 0.3) is 0 Å². The zero-order valence-corrected chi connectivity index (χ0v) is 15.1. The van der Waals surface area contributed by atoms with Crippen molar-refractivity contribution in [3.05, 3.63) is 59.7 Å². The minimum Gasteiger partial charge on any atom is -0.497 e. The summed E-state index contributed by atoms with van der Waals surface area (Å²) in [7, 11) is 1.58. The molecule has 1 atom stereocenters. The van der Waals surface area contributed by atoms with Gasteiger partial charge in [0.05, 0.1) is 13.7 Å². The summed E-state index contributed by atoms with van der Waals surface area (Å²) in [5, 5.41) is 2.78. The Kier molecular flexibility index (Phi) is 4.84. The van der Waals surface area contributed by atoms with E-state index in [1.807, 2.05) is 31.2 Å². The zero-order chi connectivity index (χ0) is 18.7. The van der Waals surface area contributed by atoms with Crippen LogP contribution in [0.15, 0.2) is 48.5 Å². The number of carbonyl (C=O) groups is 2. The summed E-state index contributed by atoms with van der Waals surface area (Å²) in [6.45, 7) is 4.10. The number of methoxy groups -OCH3 is 1. The number of imide groups is 1. The smallest absolute Gasteiger partial charge is 0.325 e. The average molecular weight is 354 g/mol. The van der Waals surface area contributed by atoms with E-state index in [-0.39, 0.29) is 19.1 Å². The molecule has 3 amide bonds. The van der Waals surface area contributed by atoms with Gasteiger partial charge < -0.3 is 14.8 Å². The minimum atomic E-state index is -1.09. The number of nitrogens with one attached hydrogen (secondary N) is 1. The number of urea groups is 1. The van der Waals surface area contributed by atoms with Gasteiger partial charge in [0.25, 0.3) is 5.91 Å². The van der Waals surface area contributed by atoms with Gasteiger partial charge in [-0.25, -0.2) is 4.79 Å². The fourth-order valence-corrected chi connectivity index (χ4v) is 2.98. The first-order valence-electron chi connectivity index (χ1n) is 8.42. The summed E-state index contributed by atoms with van der Waals surface area (Å²) < 4.78 is 10.8. The molecule has 1 N–H and O–H groups in total. The largest absolute Gasteiger partial charge is 0.497 e. The van der Waals surface area contributed by atoms with Crippen molar-refractivity contribution in [3.63, 3.8) is 0 Å². The molecule has 0 aliphatic carbocycles. The molecule has 1 fully saturated rings. The van der Waals surface area contributed by atoms with Gasteiger partial charge in [0, 0.05) is 0 Å². The Hall–Kier alpha value is -3.02. The summed E-state index contributed by atoms with van der Waals surface area (Å²) in [5.74, 6) is 1.12. The monoisotopic (exact) mass is 354 g/mol. The van der Waals surface area contributed by atoms with Gasteiger partial charge in [0.1, 0.15) is 23.6 Å². The molecule has 1 saturated heterocycles. The van der Waals surface area contributed by atoms with Crippen LogP contribution in [0.1, 0.15) is 18.1 Å². The highest BCUT2D eigenvalue weighted by atomic mass is 16.5. The Balaban J connectivity index is 1.67. The molecule has 6 nitrogen and oxygen atoms in total. The maximum atomic E-state index is 12.8. The second kappa shape index (κ2) is 7.07. The second-order valence-corrected chi connectivity index (χ2v) is 6.41. The number of hydrogen-bond acceptors (Lipinski definition) is 4. The highest BCUT2D eigenvalue weighted by Gasteiger charge is 2.48. The standard InChI is InChI=1S/C20H22N2O4/c1-14-5-4-6-17(13-14)26-12-11-22-18(23)20(2,21-19(22)24)15-7-9-16(25-3)10-8-15/h4-10,13H,11-12H2,1-3H3,(H,21,24)/t20-/m0/s1. The van der Waals surface area contributed by atoms with Gasteiger partial charge in [-0.05, 0) is 49.2 Å². The van der Waals surface area contributed by atoms with Crippen molar-refractivity contribution in [2.75, 3.05) is 20.3 Å². The molecule has 0 aromatic heterocycles. The third-order valence-electron chi connectivity index (χ3n) is 4.52. The Labute approximate surface area is 152 Å². The normalized spacial score (nSPS) is 19.4. The van der Waals surface area contributed by atoms with Crippen molar-refractivity contribution < 1.29 is 19.1 Å². The van der Waals surface area contributed by atoms with Gasteiger partial charge in [-0.2, -0.15) is 0 Å². The van der Waals surface area contributed by atoms with E-state index >= 15 is 0 Å². The molecule has 2 aromatic carbocycles. The van der Waals surface area contributed by atoms with E-state index < -0.39 is 11.6 Å². The van der Waals surface area contributed by atoms with Gasteiger partial charge >= 0.3 is 6.03 Å². The Morgan fingerprint density at radius 2 is 1.81 bits per heavy atom. The first kappa shape index (κ1) is 17.8. The number of nitrogens with zero attached hydrogens (tertiary/aromatic N) is 1. The number of rotatable bonds is 6. The molecule has 6 heteroatoms. The predicted octanol–water partition coefficient (Wildman–Crippen LogP) is 2.85. The lowest BCUT2D eigenvalue weighted by Crippen LogP contribution is -2.41. The van der Waals surface area contributed by atoms with Gasteiger partial charge in [-0.1, -0.05) is 24.3 Å². The molecule has 0 saturated carbocycles. The van der Waals surface area contributed by atoms with Crippen LogP contribution < -0.4 is 14.8 Å². The van der Waals surface area contributed by atoms with Crippen LogP contribution in [0.2, 0.25) is 0 Å². The summed E-state index contributed by atoms with van der Waals surface area (Å²) in [6, 6.07) is 14.3. The number of amides is 3. The molecule has 3 rings (SSSR count). The number of benzene rings is 2. The summed E-state index contributed by atoms with van der Waals surface area (Å²) in [5.41, 5.74) is 0.704. The molecule has 136 valence electrons. The van der Waals surface area contributed by atoms with E-state index in [1.54, 1.807) is 38.3 Å². The van der Waals surface area contributed by atoms with Crippen molar-refractivity contribution in [1.29, 1.82) is 0 Å². The molecular formula is C20H22N2O4. The first-order valence-corrected chi connectivity index (χ1v) is 8.42. The minimum absolute atomic E-state index is 0.185. The fraction of sp³-hybridized carbons (Fsp3) is 0.300. The van der Waals surface area contributed by atoms with Gasteiger partial charge in [-0.3, -0.25) is 9.69 Å². The van der Waals surface area contributed by atoms with E-state index in [4.69, 9.17) is 9.47 Å². The number of carbonyl (C=O) groups excluding carboxylic acids is 2. The van der Waals surface area contributed by atoms with Crippen molar-refractivity contribution >= 4 is 11.9 Å². The predicted molar refractivity (Wildman–Crippen MR) is 97.3 cm³/mol. The van der Waals surface area contributed by atoms with Crippen LogP contribution in [0.4, 0.5) is 4.79 Å². The summed E-state index contributed by atoms with van der Waals surface area (Å²) >= 11 is 0. The van der Waals surface area contributed by atoms with E-state index in [1.165, 1.54) is 4.90 Å². The van der Waals surface area contributed by atoms with Gasteiger partial charge in [0.2, 0.25) is 0 Å². The molecular weight excluding hydrogens is 332 g/mol. The second-order valence-electron chi connectivity index (χ2n) is 6.41. The number of aryl methyl sites for hydroxylation is 1. The van der Waals surface area contributed by atoms with Crippen LogP contribution >= 0.6 is 0 Å². The molecule has 1 heterocycles. The van der Waals surface area contributed by atoms with Crippen LogP contribution in [0, 0.1) is 6.92 Å². The highest BCUT2D eigenvalue weighted by molar-refractivity contribution is 6.07. The molecule has 0 spiro atoms. The number of ether oxygens (including phenoxy) is 2. The lowest BCUT2D eigenvalue weighted by Gasteiger charge is -2.22. The lowest BCUT2D eigenvalue weighted by atomic mass is 9.92. The fourth-order valence-electron chi connectivity index (χ4n) is 2.98. The van der Waals surface area contributed by atoms with Gasteiger partial charge in [0.15, 0.2) is 0 Å². The summed E-state index contributed by atoms with van der Waals surface area (Å²) in [4.78, 5) is 26.3. The van der Waals surface area contributed by atoms with Crippen LogP contribution in [-0.4, -0.2) is 37.1 Å². The van der Waals surface area contributed by atoms with Crippen molar-refractivity contribution in [2.45, 2.75) is 19.4 Å². The van der Waals surface area contributed by atoms with Crippen LogP contribution in [0.3, 0.4) is 0 Å². The third kappa shape index (κ3) is 3.35. The third-order valence-corrected chi connectivity index (χ3v) is 4.52. The molecule has 2 aromatic rings. The average Bonchev–Trinajstić information content (AvgIpc) is 2.86. The highest BCUT2D eigenvalue weighted by Crippen LogP contribution is 2.29. The van der Waals surface area contributed by atoms with Crippen molar-refractivity contribution in [1.82, 2.24) is 10.2 Å². The maximum Gasteiger partial charge on any atom is 0.325 e. The van der Waals surface area contributed by atoms with Crippen molar-refractivity contribution in [3.8, 4) is 11.5 Å². The molecule has 1 aliphatic heterocycles. The Morgan fingerprint density at radius 3 is 2.46 bits per heavy atom. The van der Waals surface area contributed by atoms with E-state index in [0.29, 0.717) is 11.3 Å². The molecule has 26 heavy (non-hydrogen) atoms. The van der Waals surface area contributed by atoms with E-state index in [9.17, 15) is 9.59 Å². The Bertz CT molecular complexity index is 819. The molecule has 0 unspecified atom stereocenters.